The van der Waals surface area contributed by atoms with Gasteiger partial charge in [0.05, 0.1) is 18.6 Å². The molecule has 12 bridgehead atoms. The lowest BCUT2D eigenvalue weighted by Gasteiger charge is -2.45. The lowest BCUT2D eigenvalue weighted by molar-refractivity contribution is 0.281. The van der Waals surface area contributed by atoms with E-state index in [4.69, 9.17) is 9.47 Å². The second kappa shape index (κ2) is 35.9. The molecule has 9 aliphatic carbocycles. The Labute approximate surface area is 811 Å². The van der Waals surface area contributed by atoms with Crippen LogP contribution in [0.2, 0.25) is 0 Å². The minimum atomic E-state index is -0.482. The Hall–Kier alpha value is -13.4. The maximum atomic E-state index is 6.20. The van der Waals surface area contributed by atoms with Gasteiger partial charge in [-0.25, -0.2) is 0 Å². The van der Waals surface area contributed by atoms with E-state index < -0.39 is 5.41 Å². The van der Waals surface area contributed by atoms with Crippen molar-refractivity contribution in [3.05, 3.63) is 484 Å². The minimum absolute atomic E-state index is 0.130. The van der Waals surface area contributed by atoms with Crippen LogP contribution >= 0.6 is 0 Å². The normalized spacial score (nSPS) is 17.5. The van der Waals surface area contributed by atoms with Gasteiger partial charge >= 0.3 is 0 Å². The molecule has 0 saturated heterocycles. The molecule has 18 aromatic carbocycles. The van der Waals surface area contributed by atoms with Crippen LogP contribution in [-0.2, 0) is 73.3 Å². The third kappa shape index (κ3) is 15.5. The van der Waals surface area contributed by atoms with Crippen molar-refractivity contribution in [1.82, 2.24) is 5.32 Å². The Morgan fingerprint density at radius 1 is 0.248 bits per heavy atom. The molecule has 18 aromatic rings. The van der Waals surface area contributed by atoms with Gasteiger partial charge in [0.1, 0.15) is 11.5 Å². The highest BCUT2D eigenvalue weighted by Gasteiger charge is 2.48. The molecule has 1 saturated carbocycles. The number of rotatable bonds is 0. The Morgan fingerprint density at radius 2 is 0.540 bits per heavy atom. The molecule has 1 N–H and O–H groups in total. The van der Waals surface area contributed by atoms with Crippen LogP contribution < -0.4 is 14.8 Å². The van der Waals surface area contributed by atoms with Gasteiger partial charge in [-0.15, -0.1) is 0 Å². The molecule has 0 amide bonds. The SMILES string of the molecule is Cc1ccc2c(c1)C1(CCC(C)CC1)c1cccc3c(C)ccc-2c13.Cc1ccc2c(c1)C1(Cc3ccc(cc3)CCCc3ccc(cc3)C1)c1cccc3c(C)ccc-2c13.Cc1ccc2c(c1)C1(Cc3ccc(cc3)CNCc3ccc(cc3)C1)c1cccc3c(C)ccc-2c13.Cc1ccc2c(c1)C1(c3ccc(cc3)OCCCCCCCOc3ccc1cc3)c1cccc3c(C)ccc-2c13. The van der Waals surface area contributed by atoms with E-state index in [0.29, 0.717) is 0 Å². The van der Waals surface area contributed by atoms with Crippen molar-refractivity contribution in [3.8, 4) is 56.0 Å². The third-order valence-corrected chi connectivity index (χ3v) is 33.0. The standard InChI is InChI=1S/C38H36O2.C36H32.C35H31N.C25H26/c1-26-11-21-33-34-22-12-27(2)32-9-8-10-35(37(32)34)38(36(33)25-26)28-13-17-30(18-14-28)39-23-6-4-3-5-7-24-40-31-19-15-29(38)16-20-31;1-24-9-19-31-32-20-10-25(2)30-7-4-8-33(35(30)32)36(34(31)21-24)22-28-15-11-26(12-16-28)5-3-6-27-13-17-29(23-36)18-14-27;1-23-6-16-30-31-17-7-24(2)29-4-3-5-32(34(29)31)35(33(30)18-23)19-25-8-12-27(13-9-25)21-36-22-28-14-10-26(20-35)11-15-28;1-16-11-13-25(14-12-16)22-6-4-5-19-18(3)8-10-21(24(19)22)20-9-7-17(2)15-23(20)25/h8-22,25H,3-7,23-24H2,1-2H3;4,7-21H,3,5-6,22-23H2,1-2H3;3-18,36H,19-22H2,1-2H3;4-10,15-16H,11-14H2,1-3H3. The van der Waals surface area contributed by atoms with Crippen LogP contribution in [0.1, 0.15) is 216 Å². The van der Waals surface area contributed by atoms with Gasteiger partial charge in [-0.1, -0.05) is 364 Å². The fourth-order valence-electron chi connectivity index (χ4n) is 25.9. The zero-order valence-corrected chi connectivity index (χ0v) is 81.4. The lowest BCUT2D eigenvalue weighted by atomic mass is 9.58. The molecule has 1 fully saturated rings. The maximum Gasteiger partial charge on any atom is 0.119 e. The van der Waals surface area contributed by atoms with Crippen molar-refractivity contribution in [2.75, 3.05) is 13.2 Å². The summed E-state index contributed by atoms with van der Waals surface area (Å²) in [7, 11) is 0. The quantitative estimate of drug-likeness (QED) is 0.164. The summed E-state index contributed by atoms with van der Waals surface area (Å²) in [6.07, 6.45) is 18.4. The van der Waals surface area contributed by atoms with E-state index >= 15 is 0 Å². The number of ether oxygens (including phenoxy) is 2. The van der Waals surface area contributed by atoms with Gasteiger partial charge < -0.3 is 14.8 Å². The molecule has 0 atom stereocenters. The summed E-state index contributed by atoms with van der Waals surface area (Å²) in [4.78, 5) is 0. The number of benzene rings is 18. The van der Waals surface area contributed by atoms with Crippen LogP contribution in [0, 0.1) is 61.3 Å². The molecule has 137 heavy (non-hydrogen) atoms. The highest BCUT2D eigenvalue weighted by atomic mass is 16.5. The average molecular weight is 1780 g/mol. The zero-order valence-electron chi connectivity index (χ0n) is 81.4. The molecule has 7 aliphatic heterocycles. The van der Waals surface area contributed by atoms with E-state index in [-0.39, 0.29) is 16.2 Å². The predicted molar refractivity (Wildman–Crippen MR) is 574 cm³/mol. The van der Waals surface area contributed by atoms with Crippen molar-refractivity contribution >= 4 is 43.1 Å². The van der Waals surface area contributed by atoms with E-state index in [1.807, 2.05) is 0 Å². The van der Waals surface area contributed by atoms with Gasteiger partial charge in [0.2, 0.25) is 0 Å². The molecular formula is C134H125NO2. The van der Waals surface area contributed by atoms with Crippen molar-refractivity contribution in [2.45, 2.75) is 200 Å². The summed E-state index contributed by atoms with van der Waals surface area (Å²) >= 11 is 0. The minimum Gasteiger partial charge on any atom is -0.494 e. The van der Waals surface area contributed by atoms with Crippen molar-refractivity contribution in [2.24, 2.45) is 5.92 Å². The second-order valence-electron chi connectivity index (χ2n) is 42.0. The van der Waals surface area contributed by atoms with E-state index in [1.165, 1.54) is 272 Å². The van der Waals surface area contributed by atoms with E-state index in [1.54, 1.807) is 11.1 Å². The first-order valence-electron chi connectivity index (χ1n) is 51.0. The highest BCUT2D eigenvalue weighted by Crippen LogP contribution is 2.61. The molecule has 0 unspecified atom stereocenters. The van der Waals surface area contributed by atoms with E-state index in [2.05, 4.69) is 407 Å². The summed E-state index contributed by atoms with van der Waals surface area (Å²) < 4.78 is 12.4. The topological polar surface area (TPSA) is 30.5 Å². The van der Waals surface area contributed by atoms with Crippen LogP contribution in [0.15, 0.2) is 340 Å². The monoisotopic (exact) mass is 1780 g/mol. The maximum absolute atomic E-state index is 6.20. The first-order chi connectivity index (χ1) is 67.0. The van der Waals surface area contributed by atoms with Gasteiger partial charge in [-0.3, -0.25) is 0 Å². The third-order valence-electron chi connectivity index (χ3n) is 33.0. The van der Waals surface area contributed by atoms with Crippen LogP contribution in [-0.4, -0.2) is 13.2 Å². The summed E-state index contributed by atoms with van der Waals surface area (Å²) in [6, 6.07) is 130. The molecule has 3 nitrogen and oxygen atoms in total. The molecule has 4 spiro atoms. The van der Waals surface area contributed by atoms with Crippen LogP contribution in [0.25, 0.3) is 87.6 Å². The predicted octanol–water partition coefficient (Wildman–Crippen LogP) is 33.0. The summed E-state index contributed by atoms with van der Waals surface area (Å²) in [5, 5.41) is 14.9. The molecule has 3 heteroatoms. The largest absolute Gasteiger partial charge is 0.494 e. The number of hydrogen-bond donors (Lipinski definition) is 1. The summed E-state index contributed by atoms with van der Waals surface area (Å²) in [5.74, 6) is 2.74. The Bertz CT molecular complexity index is 7290. The molecule has 0 aromatic heterocycles. The number of fused-ring (bicyclic) bond motifs is 12. The summed E-state index contributed by atoms with van der Waals surface area (Å²) in [6.45, 7) is 23.6. The first kappa shape index (κ1) is 87.6. The fraction of sp³-hybridized carbons (Fsp3) is 0.254. The van der Waals surface area contributed by atoms with E-state index in [9.17, 15) is 0 Å². The number of aryl methyl sites for hydroxylation is 10. The van der Waals surface area contributed by atoms with Crippen LogP contribution in [0.4, 0.5) is 0 Å². The van der Waals surface area contributed by atoms with Crippen molar-refractivity contribution in [1.29, 1.82) is 0 Å². The molecule has 678 valence electrons. The smallest absolute Gasteiger partial charge is 0.119 e. The summed E-state index contributed by atoms with van der Waals surface area (Å²) in [5.41, 5.74) is 46.7. The Morgan fingerprint density at radius 3 is 0.905 bits per heavy atom. The molecule has 0 radical (unpaired) electrons. The average Bonchev–Trinajstić information content (AvgIpc) is 1.49. The Balaban J connectivity index is 0.000000104. The van der Waals surface area contributed by atoms with Gasteiger partial charge in [0.25, 0.3) is 0 Å². The first-order valence-corrected chi connectivity index (χ1v) is 51.0. The highest BCUT2D eigenvalue weighted by molar-refractivity contribution is 6.09. The van der Waals surface area contributed by atoms with Crippen molar-refractivity contribution in [3.63, 3.8) is 0 Å². The van der Waals surface area contributed by atoms with E-state index in [0.717, 1.165) is 95.1 Å². The fourth-order valence-corrected chi connectivity index (χ4v) is 25.9. The number of nitrogens with one attached hydrogen (secondary N) is 1. The van der Waals surface area contributed by atoms with Crippen LogP contribution in [0.5, 0.6) is 11.5 Å². The molecule has 34 rings (SSSR count). The molecule has 7 heterocycles. The van der Waals surface area contributed by atoms with Gasteiger partial charge in [0.15, 0.2) is 0 Å². The van der Waals surface area contributed by atoms with Gasteiger partial charge in [0, 0.05) is 29.3 Å². The Kier molecular flexibility index (Phi) is 23.0. The van der Waals surface area contributed by atoms with Gasteiger partial charge in [-0.2, -0.15) is 0 Å². The molecular weight excluding hydrogens is 1660 g/mol. The second-order valence-corrected chi connectivity index (χ2v) is 42.0. The number of hydrogen-bond acceptors (Lipinski definition) is 3. The van der Waals surface area contributed by atoms with Crippen LogP contribution in [0.3, 0.4) is 0 Å². The zero-order chi connectivity index (χ0) is 92.8. The molecule has 16 aliphatic rings. The van der Waals surface area contributed by atoms with Gasteiger partial charge in [-0.05, 0) is 379 Å². The lowest BCUT2D eigenvalue weighted by Crippen LogP contribution is -2.36. The van der Waals surface area contributed by atoms with Crippen molar-refractivity contribution < 1.29 is 9.47 Å².